The lowest BCUT2D eigenvalue weighted by Gasteiger charge is -2.04. The minimum absolute atomic E-state index is 0.0562. The number of aromatic nitrogens is 1. The van der Waals surface area contributed by atoms with Crippen LogP contribution in [0.3, 0.4) is 0 Å². The average Bonchev–Trinajstić information content (AvgIpc) is 2.30. The van der Waals surface area contributed by atoms with Gasteiger partial charge in [0, 0.05) is 6.04 Å². The Kier molecular flexibility index (Phi) is 2.19. The van der Waals surface area contributed by atoms with E-state index >= 15 is 0 Å². The number of nitrogens with two attached hydrogens (primary N) is 1. The number of rotatable bonds is 2. The smallest absolute Gasteiger partial charge is 0.242 e. The van der Waals surface area contributed by atoms with Crippen LogP contribution in [0.25, 0.3) is 0 Å². The molecule has 1 aromatic heterocycles. The lowest BCUT2D eigenvalue weighted by Crippen LogP contribution is -2.10. The highest BCUT2D eigenvalue weighted by Crippen LogP contribution is 2.19. The molecule has 1 rings (SSSR count). The lowest BCUT2D eigenvalue weighted by atomic mass is 10.3. The van der Waals surface area contributed by atoms with Gasteiger partial charge in [0.2, 0.25) is 5.88 Å². The second-order valence-corrected chi connectivity index (χ2v) is 2.68. The summed E-state index contributed by atoms with van der Waals surface area (Å²) in [5.74, 6) is 0.464. The summed E-state index contributed by atoms with van der Waals surface area (Å²) < 4.78 is 4.63. The number of nitrogens with zero attached hydrogens (tertiary/aromatic N) is 2. The predicted octanol–water partition coefficient (Wildman–Crippen LogP) is 0.949. The molecule has 5 nitrogen and oxygen atoms in total. The van der Waals surface area contributed by atoms with Crippen molar-refractivity contribution in [1.82, 2.24) is 5.16 Å². The second-order valence-electron chi connectivity index (χ2n) is 2.68. The van der Waals surface area contributed by atoms with Crippen LogP contribution >= 0.6 is 0 Å². The summed E-state index contributed by atoms with van der Waals surface area (Å²) in [6.45, 7) is 3.87. The average molecular weight is 166 g/mol. The van der Waals surface area contributed by atoms with Crippen molar-refractivity contribution in [3.8, 4) is 6.07 Å². The molecule has 12 heavy (non-hydrogen) atoms. The van der Waals surface area contributed by atoms with E-state index in [0.717, 1.165) is 0 Å². The number of hydrogen-bond acceptors (Lipinski definition) is 5. The minimum Gasteiger partial charge on any atom is -0.366 e. The van der Waals surface area contributed by atoms with Crippen molar-refractivity contribution < 1.29 is 4.52 Å². The highest BCUT2D eigenvalue weighted by Gasteiger charge is 2.12. The van der Waals surface area contributed by atoms with E-state index in [1.165, 1.54) is 0 Å². The third-order valence-corrected chi connectivity index (χ3v) is 1.26. The topological polar surface area (TPSA) is 87.9 Å². The summed E-state index contributed by atoms with van der Waals surface area (Å²) in [5.41, 5.74) is 5.60. The molecule has 0 radical (unpaired) electrons. The number of nitriles is 1. The fourth-order valence-electron chi connectivity index (χ4n) is 0.783. The van der Waals surface area contributed by atoms with E-state index in [9.17, 15) is 0 Å². The summed E-state index contributed by atoms with van der Waals surface area (Å²) in [7, 11) is 0. The van der Waals surface area contributed by atoms with E-state index < -0.39 is 0 Å². The number of nitrogen functional groups attached to an aromatic ring is 1. The zero-order valence-electron chi connectivity index (χ0n) is 6.96. The first-order valence-corrected chi connectivity index (χ1v) is 3.57. The Morgan fingerprint density at radius 3 is 2.83 bits per heavy atom. The highest BCUT2D eigenvalue weighted by molar-refractivity contribution is 5.61. The maximum atomic E-state index is 8.63. The van der Waals surface area contributed by atoms with E-state index in [4.69, 9.17) is 11.0 Å². The van der Waals surface area contributed by atoms with Crippen LogP contribution in [0.1, 0.15) is 19.4 Å². The molecule has 0 aliphatic heterocycles. The maximum absolute atomic E-state index is 8.63. The van der Waals surface area contributed by atoms with E-state index in [0.29, 0.717) is 5.82 Å². The molecule has 0 unspecified atom stereocenters. The SMILES string of the molecule is CC(C)Nc1noc(N)c1C#N. The van der Waals surface area contributed by atoms with Gasteiger partial charge in [-0.2, -0.15) is 5.26 Å². The quantitative estimate of drug-likeness (QED) is 0.682. The fourth-order valence-corrected chi connectivity index (χ4v) is 0.783. The van der Waals surface area contributed by atoms with Gasteiger partial charge in [-0.15, -0.1) is 0 Å². The predicted molar refractivity (Wildman–Crippen MR) is 44.4 cm³/mol. The van der Waals surface area contributed by atoms with Crippen LogP contribution < -0.4 is 11.1 Å². The van der Waals surface area contributed by atoms with Gasteiger partial charge in [-0.05, 0) is 13.8 Å². The van der Waals surface area contributed by atoms with Gasteiger partial charge in [0.15, 0.2) is 11.4 Å². The van der Waals surface area contributed by atoms with Crippen molar-refractivity contribution in [2.24, 2.45) is 0 Å². The Hall–Kier alpha value is -1.70. The van der Waals surface area contributed by atoms with E-state index in [-0.39, 0.29) is 17.5 Å². The van der Waals surface area contributed by atoms with E-state index in [1.54, 1.807) is 0 Å². The van der Waals surface area contributed by atoms with Crippen LogP contribution in [0, 0.1) is 11.3 Å². The molecule has 1 aromatic rings. The van der Waals surface area contributed by atoms with Gasteiger partial charge >= 0.3 is 0 Å². The molecule has 0 aromatic carbocycles. The van der Waals surface area contributed by atoms with Crippen LogP contribution in [0.15, 0.2) is 4.52 Å². The van der Waals surface area contributed by atoms with Crippen LogP contribution in [-0.2, 0) is 0 Å². The normalized spacial score (nSPS) is 9.83. The Morgan fingerprint density at radius 1 is 1.67 bits per heavy atom. The Balaban J connectivity index is 2.94. The molecule has 3 N–H and O–H groups in total. The molecule has 0 amide bonds. The molecule has 0 bridgehead atoms. The minimum atomic E-state index is 0.0562. The number of anilines is 2. The Morgan fingerprint density at radius 2 is 2.33 bits per heavy atom. The van der Waals surface area contributed by atoms with Crippen LogP contribution in [-0.4, -0.2) is 11.2 Å². The first-order chi connectivity index (χ1) is 5.65. The van der Waals surface area contributed by atoms with Gasteiger partial charge in [0.1, 0.15) is 6.07 Å². The molecule has 0 spiro atoms. The fraction of sp³-hybridized carbons (Fsp3) is 0.429. The second kappa shape index (κ2) is 3.13. The third kappa shape index (κ3) is 1.48. The van der Waals surface area contributed by atoms with Crippen LogP contribution in [0.4, 0.5) is 11.7 Å². The van der Waals surface area contributed by atoms with Crippen molar-refractivity contribution in [1.29, 1.82) is 5.26 Å². The standard InChI is InChI=1S/C7H10N4O/c1-4(2)10-7-5(3-8)6(9)12-11-7/h4H,9H2,1-2H3,(H,10,11). The summed E-state index contributed by atoms with van der Waals surface area (Å²) in [6.07, 6.45) is 0. The largest absolute Gasteiger partial charge is 0.366 e. The van der Waals surface area contributed by atoms with E-state index in [2.05, 4.69) is 15.0 Å². The molecule has 0 saturated carbocycles. The monoisotopic (exact) mass is 166 g/mol. The molecule has 0 aliphatic carbocycles. The summed E-state index contributed by atoms with van der Waals surface area (Å²) >= 11 is 0. The molecule has 5 heteroatoms. The van der Waals surface area contributed by atoms with E-state index in [1.807, 2.05) is 19.9 Å². The zero-order valence-corrected chi connectivity index (χ0v) is 6.96. The molecular weight excluding hydrogens is 156 g/mol. The van der Waals surface area contributed by atoms with Gasteiger partial charge in [-0.1, -0.05) is 5.16 Å². The number of nitrogens with one attached hydrogen (secondary N) is 1. The third-order valence-electron chi connectivity index (χ3n) is 1.26. The molecule has 64 valence electrons. The van der Waals surface area contributed by atoms with Crippen molar-refractivity contribution in [3.05, 3.63) is 5.56 Å². The molecule has 0 fully saturated rings. The first kappa shape index (κ1) is 8.40. The van der Waals surface area contributed by atoms with Crippen molar-refractivity contribution in [2.45, 2.75) is 19.9 Å². The number of hydrogen-bond donors (Lipinski definition) is 2. The van der Waals surface area contributed by atoms with Crippen LogP contribution in [0.5, 0.6) is 0 Å². The Labute approximate surface area is 70.1 Å². The molecule has 1 heterocycles. The van der Waals surface area contributed by atoms with Gasteiger partial charge in [0.25, 0.3) is 0 Å². The van der Waals surface area contributed by atoms with Gasteiger partial charge < -0.3 is 15.6 Å². The van der Waals surface area contributed by atoms with Gasteiger partial charge in [-0.3, -0.25) is 0 Å². The van der Waals surface area contributed by atoms with Crippen molar-refractivity contribution in [2.75, 3.05) is 11.1 Å². The maximum Gasteiger partial charge on any atom is 0.242 e. The van der Waals surface area contributed by atoms with Gasteiger partial charge in [-0.25, -0.2) is 0 Å². The van der Waals surface area contributed by atoms with Crippen LogP contribution in [0.2, 0.25) is 0 Å². The Bertz CT molecular complexity index is 310. The highest BCUT2D eigenvalue weighted by atomic mass is 16.5. The lowest BCUT2D eigenvalue weighted by molar-refractivity contribution is 0.438. The summed E-state index contributed by atoms with van der Waals surface area (Å²) in [5, 5.41) is 15.2. The molecular formula is C7H10N4O. The molecule has 0 saturated heterocycles. The molecule has 0 aliphatic rings. The summed E-state index contributed by atoms with van der Waals surface area (Å²) in [6, 6.07) is 2.10. The summed E-state index contributed by atoms with van der Waals surface area (Å²) in [4.78, 5) is 0. The molecule has 0 atom stereocenters. The van der Waals surface area contributed by atoms with Crippen molar-refractivity contribution in [3.63, 3.8) is 0 Å². The van der Waals surface area contributed by atoms with Crippen molar-refractivity contribution >= 4 is 11.7 Å². The first-order valence-electron chi connectivity index (χ1n) is 3.57. The van der Waals surface area contributed by atoms with Gasteiger partial charge in [0.05, 0.1) is 0 Å². The zero-order chi connectivity index (χ0) is 9.14.